The number of fused-ring (bicyclic) bond motifs is 5. The fraction of sp³-hybridized carbons (Fsp3) is 1.00. The maximum Gasteiger partial charge on any atom is 0.0596 e. The third-order valence-corrected chi connectivity index (χ3v) is 8.60. The van der Waals surface area contributed by atoms with Gasteiger partial charge in [0.05, 0.1) is 18.3 Å². The van der Waals surface area contributed by atoms with Crippen molar-refractivity contribution in [3.63, 3.8) is 0 Å². The number of aliphatic hydroxyl groups excluding tert-OH is 3. The van der Waals surface area contributed by atoms with Gasteiger partial charge in [0, 0.05) is 0 Å². The van der Waals surface area contributed by atoms with Gasteiger partial charge in [-0.25, -0.2) is 0 Å². The van der Waals surface area contributed by atoms with Gasteiger partial charge in [-0.05, 0) is 85.9 Å². The summed E-state index contributed by atoms with van der Waals surface area (Å²) in [6.07, 6.45) is 7.42. The molecule has 4 rings (SSSR count). The molecule has 0 radical (unpaired) electrons. The third kappa shape index (κ3) is 1.91. The van der Waals surface area contributed by atoms with Gasteiger partial charge in [-0.2, -0.15) is 0 Å². The quantitative estimate of drug-likeness (QED) is 0.645. The Morgan fingerprint density at radius 3 is 2.18 bits per heavy atom. The van der Waals surface area contributed by atoms with Gasteiger partial charge in [-0.3, -0.25) is 0 Å². The maximum absolute atomic E-state index is 10.8. The van der Waals surface area contributed by atoms with E-state index in [-0.39, 0.29) is 35.1 Å². The second-order valence-corrected chi connectivity index (χ2v) is 9.36. The molecule has 0 aromatic rings. The van der Waals surface area contributed by atoms with E-state index in [9.17, 15) is 15.3 Å². The lowest BCUT2D eigenvalue weighted by Crippen LogP contribution is -2.58. The van der Waals surface area contributed by atoms with Crippen LogP contribution in [0.5, 0.6) is 0 Å². The second kappa shape index (κ2) is 4.94. The van der Waals surface area contributed by atoms with Crippen molar-refractivity contribution in [3.8, 4) is 0 Å². The summed E-state index contributed by atoms with van der Waals surface area (Å²) in [5.41, 5.74) is 0.273. The summed E-state index contributed by atoms with van der Waals surface area (Å²) in [6.45, 7) is 4.68. The highest BCUT2D eigenvalue weighted by atomic mass is 16.3. The van der Waals surface area contributed by atoms with Gasteiger partial charge in [0.25, 0.3) is 0 Å². The van der Waals surface area contributed by atoms with Crippen molar-refractivity contribution in [1.82, 2.24) is 0 Å². The standard InChI is InChI=1S/C19H32O3/c1-18-7-5-11(20)9-15(18)16(21)10-12-13-3-4-17(22)19(13,2)8-6-14(12)18/h11-17,20-22H,3-10H2,1-2H3/t11?,12-,13-,14-,15+,16-,17?,18+,19-/m0/s1. The minimum Gasteiger partial charge on any atom is -0.393 e. The van der Waals surface area contributed by atoms with Crippen LogP contribution < -0.4 is 0 Å². The zero-order chi connectivity index (χ0) is 15.7. The molecule has 9 atom stereocenters. The first kappa shape index (κ1) is 15.4. The maximum atomic E-state index is 10.8. The van der Waals surface area contributed by atoms with Crippen molar-refractivity contribution < 1.29 is 15.3 Å². The van der Waals surface area contributed by atoms with Crippen LogP contribution in [-0.4, -0.2) is 33.6 Å². The van der Waals surface area contributed by atoms with Gasteiger partial charge in [0.1, 0.15) is 0 Å². The van der Waals surface area contributed by atoms with Gasteiger partial charge in [0.15, 0.2) is 0 Å². The summed E-state index contributed by atoms with van der Waals surface area (Å²) in [4.78, 5) is 0. The average Bonchev–Trinajstić information content (AvgIpc) is 2.77. The van der Waals surface area contributed by atoms with Crippen LogP contribution in [0.15, 0.2) is 0 Å². The van der Waals surface area contributed by atoms with Gasteiger partial charge in [-0.15, -0.1) is 0 Å². The summed E-state index contributed by atoms with van der Waals surface area (Å²) in [7, 11) is 0. The Morgan fingerprint density at radius 1 is 0.727 bits per heavy atom. The Balaban J connectivity index is 1.66. The molecule has 3 heteroatoms. The topological polar surface area (TPSA) is 60.7 Å². The summed E-state index contributed by atoms with van der Waals surface area (Å²) < 4.78 is 0. The Labute approximate surface area is 134 Å². The molecule has 22 heavy (non-hydrogen) atoms. The van der Waals surface area contributed by atoms with Crippen molar-refractivity contribution in [2.24, 2.45) is 34.5 Å². The summed E-state index contributed by atoms with van der Waals surface area (Å²) in [5.74, 6) is 2.10. The Kier molecular flexibility index (Phi) is 3.46. The molecule has 0 aliphatic heterocycles. The van der Waals surface area contributed by atoms with Gasteiger partial charge in [-0.1, -0.05) is 13.8 Å². The van der Waals surface area contributed by atoms with E-state index in [0.29, 0.717) is 17.8 Å². The van der Waals surface area contributed by atoms with Crippen LogP contribution in [-0.2, 0) is 0 Å². The molecule has 2 unspecified atom stereocenters. The molecule has 0 bridgehead atoms. The number of aliphatic hydroxyl groups is 3. The molecule has 126 valence electrons. The number of hydrogen-bond donors (Lipinski definition) is 3. The fourth-order valence-corrected chi connectivity index (χ4v) is 7.25. The van der Waals surface area contributed by atoms with E-state index in [2.05, 4.69) is 13.8 Å². The van der Waals surface area contributed by atoms with Gasteiger partial charge >= 0.3 is 0 Å². The van der Waals surface area contributed by atoms with Crippen LogP contribution in [0.1, 0.15) is 65.2 Å². The van der Waals surface area contributed by atoms with Crippen molar-refractivity contribution in [1.29, 1.82) is 0 Å². The zero-order valence-electron chi connectivity index (χ0n) is 14.0. The number of rotatable bonds is 0. The molecule has 0 amide bonds. The van der Waals surface area contributed by atoms with E-state index in [1.54, 1.807) is 0 Å². The zero-order valence-corrected chi connectivity index (χ0v) is 14.0. The largest absolute Gasteiger partial charge is 0.393 e. The Morgan fingerprint density at radius 2 is 1.41 bits per heavy atom. The van der Waals surface area contributed by atoms with Gasteiger partial charge < -0.3 is 15.3 Å². The number of hydrogen-bond acceptors (Lipinski definition) is 3. The van der Waals surface area contributed by atoms with Gasteiger partial charge in [0.2, 0.25) is 0 Å². The smallest absolute Gasteiger partial charge is 0.0596 e. The lowest BCUT2D eigenvalue weighted by atomic mass is 9.44. The van der Waals surface area contributed by atoms with Crippen LogP contribution >= 0.6 is 0 Å². The second-order valence-electron chi connectivity index (χ2n) is 9.36. The van der Waals surface area contributed by atoms with E-state index in [1.807, 2.05) is 0 Å². The average molecular weight is 308 g/mol. The first-order chi connectivity index (χ1) is 10.4. The molecule has 0 aromatic carbocycles. The molecule has 0 spiro atoms. The molecule has 4 saturated carbocycles. The van der Waals surface area contributed by atoms with E-state index < -0.39 is 0 Å². The highest BCUT2D eigenvalue weighted by Gasteiger charge is 2.61. The minimum atomic E-state index is -0.263. The molecule has 3 N–H and O–H groups in total. The predicted octanol–water partition coefficient (Wildman–Crippen LogP) is 2.72. The van der Waals surface area contributed by atoms with Crippen LogP contribution in [0.4, 0.5) is 0 Å². The van der Waals surface area contributed by atoms with E-state index in [4.69, 9.17) is 0 Å². The SMILES string of the molecule is C[C@]12CCC(O)C[C@@H]1[C@@H](O)C[C@@H]1[C@@H]2CC[C@]2(C)C(O)CC[C@@H]12. The summed E-state index contributed by atoms with van der Waals surface area (Å²) in [6, 6.07) is 0. The lowest BCUT2D eigenvalue weighted by molar-refractivity contribution is -0.174. The van der Waals surface area contributed by atoms with E-state index >= 15 is 0 Å². The lowest BCUT2D eigenvalue weighted by Gasteiger charge is -2.61. The van der Waals surface area contributed by atoms with E-state index in [1.165, 1.54) is 6.42 Å². The molecule has 0 saturated heterocycles. The third-order valence-electron chi connectivity index (χ3n) is 8.60. The molecule has 0 aromatic heterocycles. The van der Waals surface area contributed by atoms with Crippen molar-refractivity contribution in [2.75, 3.05) is 0 Å². The normalized spacial score (nSPS) is 61.2. The minimum absolute atomic E-state index is 0.0816. The molecule has 4 fully saturated rings. The highest BCUT2D eigenvalue weighted by molar-refractivity contribution is 5.11. The molecule has 3 nitrogen and oxygen atoms in total. The molecular formula is C19H32O3. The molecular weight excluding hydrogens is 276 g/mol. The highest BCUT2D eigenvalue weighted by Crippen LogP contribution is 2.66. The monoisotopic (exact) mass is 308 g/mol. The van der Waals surface area contributed by atoms with Crippen molar-refractivity contribution in [2.45, 2.75) is 83.5 Å². The van der Waals surface area contributed by atoms with E-state index in [0.717, 1.165) is 44.9 Å². The fourth-order valence-electron chi connectivity index (χ4n) is 7.25. The van der Waals surface area contributed by atoms with Crippen LogP contribution in [0.2, 0.25) is 0 Å². The van der Waals surface area contributed by atoms with Crippen molar-refractivity contribution in [3.05, 3.63) is 0 Å². The van der Waals surface area contributed by atoms with Crippen molar-refractivity contribution >= 4 is 0 Å². The predicted molar refractivity (Wildman–Crippen MR) is 85.1 cm³/mol. The van der Waals surface area contributed by atoms with Crippen LogP contribution in [0, 0.1) is 34.5 Å². The molecule has 4 aliphatic carbocycles. The Bertz CT molecular complexity index is 452. The molecule has 4 aliphatic rings. The Hall–Kier alpha value is -0.120. The van der Waals surface area contributed by atoms with Crippen LogP contribution in [0.3, 0.4) is 0 Å². The molecule has 0 heterocycles. The summed E-state index contributed by atoms with van der Waals surface area (Å²) >= 11 is 0. The first-order valence-electron chi connectivity index (χ1n) is 9.40. The van der Waals surface area contributed by atoms with Crippen LogP contribution in [0.25, 0.3) is 0 Å². The first-order valence-corrected chi connectivity index (χ1v) is 9.40. The summed E-state index contributed by atoms with van der Waals surface area (Å²) in [5, 5.41) is 31.4.